The predicted octanol–water partition coefficient (Wildman–Crippen LogP) is 0.359. The van der Waals surface area contributed by atoms with Crippen LogP contribution < -0.4 is 10.6 Å². The topological polar surface area (TPSA) is 61.4 Å². The summed E-state index contributed by atoms with van der Waals surface area (Å²) in [6, 6.07) is 0.342. The molecule has 94 valence electrons. The predicted molar refractivity (Wildman–Crippen MR) is 67.7 cm³/mol. The van der Waals surface area contributed by atoms with Gasteiger partial charge in [-0.25, -0.2) is 0 Å². The highest BCUT2D eigenvalue weighted by Crippen LogP contribution is 2.18. The fraction of sp³-hybridized carbons (Fsp3) is 0.909. The van der Waals surface area contributed by atoms with E-state index < -0.39 is 0 Å². The first-order chi connectivity index (χ1) is 7.74. The molecule has 0 aromatic heterocycles. The third-order valence-electron chi connectivity index (χ3n) is 2.46. The summed E-state index contributed by atoms with van der Waals surface area (Å²) in [6.07, 6.45) is 3.12. The lowest BCUT2D eigenvalue weighted by Gasteiger charge is -2.13. The van der Waals surface area contributed by atoms with Gasteiger partial charge >= 0.3 is 0 Å². The smallest absolute Gasteiger partial charge is 0.237 e. The third-order valence-corrected chi connectivity index (χ3v) is 3.53. The number of carbonyl (C=O) groups is 1. The molecule has 0 bridgehead atoms. The number of nitrogens with one attached hydrogen (secondary N) is 2. The molecular weight excluding hydrogens is 224 g/mol. The van der Waals surface area contributed by atoms with E-state index in [2.05, 4.69) is 10.6 Å². The fourth-order valence-corrected chi connectivity index (χ4v) is 2.06. The van der Waals surface area contributed by atoms with Crippen LogP contribution in [0.15, 0.2) is 0 Å². The van der Waals surface area contributed by atoms with Gasteiger partial charge in [0, 0.05) is 24.9 Å². The second kappa shape index (κ2) is 7.92. The minimum absolute atomic E-state index is 0.0981. The molecule has 0 aliphatic heterocycles. The molecule has 1 aliphatic carbocycles. The van der Waals surface area contributed by atoms with E-state index >= 15 is 0 Å². The average molecular weight is 246 g/mol. The van der Waals surface area contributed by atoms with Gasteiger partial charge in [-0.1, -0.05) is 0 Å². The number of rotatable bonds is 9. The number of amides is 1. The van der Waals surface area contributed by atoms with Gasteiger partial charge in [0.2, 0.25) is 5.91 Å². The van der Waals surface area contributed by atoms with Crippen molar-refractivity contribution in [3.8, 4) is 0 Å². The molecule has 1 amide bonds. The molecule has 0 aromatic rings. The van der Waals surface area contributed by atoms with Crippen LogP contribution in [0.4, 0.5) is 0 Å². The summed E-state index contributed by atoms with van der Waals surface area (Å²) in [6.45, 7) is 3.01. The molecule has 4 nitrogen and oxygen atoms in total. The summed E-state index contributed by atoms with van der Waals surface area (Å²) in [5.41, 5.74) is 0. The largest absolute Gasteiger partial charge is 0.396 e. The van der Waals surface area contributed by atoms with E-state index in [-0.39, 0.29) is 18.6 Å². The maximum atomic E-state index is 11.5. The van der Waals surface area contributed by atoms with E-state index in [4.69, 9.17) is 5.11 Å². The van der Waals surface area contributed by atoms with Crippen LogP contribution in [-0.2, 0) is 4.79 Å². The number of hydrogen-bond acceptors (Lipinski definition) is 4. The Bertz CT molecular complexity index is 210. The minimum atomic E-state index is -0.0981. The Balaban J connectivity index is 1.92. The van der Waals surface area contributed by atoms with Crippen LogP contribution in [0, 0.1) is 0 Å². The van der Waals surface area contributed by atoms with Gasteiger partial charge in [0.05, 0.1) is 6.04 Å². The number of aliphatic hydroxyl groups is 1. The Morgan fingerprint density at radius 2 is 2.25 bits per heavy atom. The van der Waals surface area contributed by atoms with Crippen LogP contribution in [0.3, 0.4) is 0 Å². The standard InChI is InChI=1S/C11H22N2O2S/c1-9(11(15)13-10-3-4-10)12-5-8-16-7-2-6-14/h9-10,12,14H,2-8H2,1H3,(H,13,15). The second-order valence-electron chi connectivity index (χ2n) is 4.15. The van der Waals surface area contributed by atoms with Gasteiger partial charge in [-0.3, -0.25) is 4.79 Å². The zero-order valence-electron chi connectivity index (χ0n) is 9.87. The summed E-state index contributed by atoms with van der Waals surface area (Å²) in [5, 5.41) is 14.8. The Morgan fingerprint density at radius 1 is 1.50 bits per heavy atom. The fourth-order valence-electron chi connectivity index (χ4n) is 1.26. The number of hydrogen-bond donors (Lipinski definition) is 3. The molecule has 3 N–H and O–H groups in total. The van der Waals surface area contributed by atoms with E-state index in [0.29, 0.717) is 6.04 Å². The molecule has 0 spiro atoms. The summed E-state index contributed by atoms with van der Waals surface area (Å²) >= 11 is 1.80. The first-order valence-electron chi connectivity index (χ1n) is 5.96. The lowest BCUT2D eigenvalue weighted by atomic mass is 10.3. The van der Waals surface area contributed by atoms with Crippen LogP contribution in [0.1, 0.15) is 26.2 Å². The van der Waals surface area contributed by atoms with Crippen molar-refractivity contribution in [1.82, 2.24) is 10.6 Å². The van der Waals surface area contributed by atoms with E-state index in [1.54, 1.807) is 11.8 Å². The molecule has 0 heterocycles. The molecule has 1 unspecified atom stereocenters. The molecule has 0 radical (unpaired) electrons. The van der Waals surface area contributed by atoms with Crippen LogP contribution in [0.25, 0.3) is 0 Å². The van der Waals surface area contributed by atoms with Crippen molar-refractivity contribution in [2.24, 2.45) is 0 Å². The van der Waals surface area contributed by atoms with E-state index in [9.17, 15) is 4.79 Å². The van der Waals surface area contributed by atoms with Crippen molar-refractivity contribution in [2.45, 2.75) is 38.3 Å². The zero-order chi connectivity index (χ0) is 11.8. The lowest BCUT2D eigenvalue weighted by molar-refractivity contribution is -0.122. The highest BCUT2D eigenvalue weighted by molar-refractivity contribution is 7.99. The van der Waals surface area contributed by atoms with E-state index in [1.165, 1.54) is 0 Å². The Labute approximate surface area is 102 Å². The van der Waals surface area contributed by atoms with Crippen molar-refractivity contribution >= 4 is 17.7 Å². The molecule has 5 heteroatoms. The average Bonchev–Trinajstić information content (AvgIpc) is 3.06. The molecule has 16 heavy (non-hydrogen) atoms. The first-order valence-corrected chi connectivity index (χ1v) is 7.12. The highest BCUT2D eigenvalue weighted by Gasteiger charge is 2.25. The maximum Gasteiger partial charge on any atom is 0.237 e. The highest BCUT2D eigenvalue weighted by atomic mass is 32.2. The molecule has 0 aromatic carbocycles. The summed E-state index contributed by atoms with van der Waals surface area (Å²) in [4.78, 5) is 11.5. The van der Waals surface area contributed by atoms with E-state index in [0.717, 1.165) is 37.3 Å². The van der Waals surface area contributed by atoms with Gasteiger partial charge in [-0.2, -0.15) is 11.8 Å². The molecule has 1 saturated carbocycles. The molecular formula is C11H22N2O2S. The summed E-state index contributed by atoms with van der Waals surface area (Å²) < 4.78 is 0. The van der Waals surface area contributed by atoms with Gasteiger partial charge in [-0.15, -0.1) is 0 Å². The lowest BCUT2D eigenvalue weighted by Crippen LogP contribution is -2.43. The third kappa shape index (κ3) is 6.35. The monoisotopic (exact) mass is 246 g/mol. The molecule has 1 atom stereocenters. The number of aliphatic hydroxyl groups excluding tert-OH is 1. The van der Waals surface area contributed by atoms with Gasteiger partial charge in [0.15, 0.2) is 0 Å². The van der Waals surface area contributed by atoms with Crippen molar-refractivity contribution in [2.75, 3.05) is 24.7 Å². The quantitative estimate of drug-likeness (QED) is 0.514. The van der Waals surface area contributed by atoms with Crippen molar-refractivity contribution in [3.05, 3.63) is 0 Å². The normalized spacial score (nSPS) is 17.1. The number of thioether (sulfide) groups is 1. The SMILES string of the molecule is CC(NCCSCCCO)C(=O)NC1CC1. The van der Waals surface area contributed by atoms with Crippen LogP contribution in [0.2, 0.25) is 0 Å². The summed E-state index contributed by atoms with van der Waals surface area (Å²) in [5.74, 6) is 2.09. The molecule has 1 fully saturated rings. The van der Waals surface area contributed by atoms with Gasteiger partial charge in [0.1, 0.15) is 0 Å². The molecule has 0 saturated heterocycles. The van der Waals surface area contributed by atoms with Crippen LogP contribution in [0.5, 0.6) is 0 Å². The van der Waals surface area contributed by atoms with Gasteiger partial charge < -0.3 is 15.7 Å². The number of carbonyl (C=O) groups excluding carboxylic acids is 1. The van der Waals surface area contributed by atoms with Crippen molar-refractivity contribution in [1.29, 1.82) is 0 Å². The molecule has 1 rings (SSSR count). The Kier molecular flexibility index (Phi) is 6.84. The van der Waals surface area contributed by atoms with E-state index in [1.807, 2.05) is 6.92 Å². The van der Waals surface area contributed by atoms with Gasteiger partial charge in [-0.05, 0) is 31.9 Å². The zero-order valence-corrected chi connectivity index (χ0v) is 10.7. The van der Waals surface area contributed by atoms with Crippen LogP contribution in [-0.4, -0.2) is 47.8 Å². The summed E-state index contributed by atoms with van der Waals surface area (Å²) in [7, 11) is 0. The van der Waals surface area contributed by atoms with Crippen LogP contribution >= 0.6 is 11.8 Å². The van der Waals surface area contributed by atoms with Crippen molar-refractivity contribution < 1.29 is 9.90 Å². The first kappa shape index (κ1) is 13.8. The maximum absolute atomic E-state index is 11.5. The van der Waals surface area contributed by atoms with Gasteiger partial charge in [0.25, 0.3) is 0 Å². The Morgan fingerprint density at radius 3 is 2.88 bits per heavy atom. The Hall–Kier alpha value is -0.260. The minimum Gasteiger partial charge on any atom is -0.396 e. The van der Waals surface area contributed by atoms with Crippen molar-refractivity contribution in [3.63, 3.8) is 0 Å². The second-order valence-corrected chi connectivity index (χ2v) is 5.37. The molecule has 1 aliphatic rings.